The van der Waals surface area contributed by atoms with Crippen LogP contribution in [0.1, 0.15) is 33.1 Å². The molecule has 0 amide bonds. The Hall–Kier alpha value is -1.22. The molecule has 1 saturated carbocycles. The number of aliphatic hydroxyl groups excluding tert-OH is 1. The minimum absolute atomic E-state index is 0.0601. The van der Waals surface area contributed by atoms with Crippen molar-refractivity contribution in [3.63, 3.8) is 0 Å². The first-order chi connectivity index (χ1) is 8.53. The van der Waals surface area contributed by atoms with Crippen LogP contribution in [0.2, 0.25) is 0 Å². The predicted molar refractivity (Wildman–Crippen MR) is 71.0 cm³/mol. The van der Waals surface area contributed by atoms with Gasteiger partial charge in [0.25, 0.3) is 0 Å². The van der Waals surface area contributed by atoms with Crippen LogP contribution in [0.4, 0.5) is 0 Å². The van der Waals surface area contributed by atoms with E-state index < -0.39 is 6.10 Å². The molecule has 0 aromatic heterocycles. The monoisotopic (exact) mass is 250 g/mol. The third-order valence-electron chi connectivity index (χ3n) is 3.81. The van der Waals surface area contributed by atoms with Crippen molar-refractivity contribution in [2.24, 2.45) is 5.41 Å². The average molecular weight is 250 g/mol. The van der Waals surface area contributed by atoms with Gasteiger partial charge in [0, 0.05) is 0 Å². The SMILES string of the molecule is COc1ccc(OC2CCCC(C)(C)C2O)cc1. The minimum Gasteiger partial charge on any atom is -0.497 e. The van der Waals surface area contributed by atoms with Gasteiger partial charge in [-0.25, -0.2) is 0 Å². The third kappa shape index (κ3) is 2.78. The van der Waals surface area contributed by atoms with Crippen molar-refractivity contribution in [1.82, 2.24) is 0 Å². The topological polar surface area (TPSA) is 38.7 Å². The Labute approximate surface area is 109 Å². The van der Waals surface area contributed by atoms with Crippen LogP contribution < -0.4 is 9.47 Å². The van der Waals surface area contributed by atoms with Crippen LogP contribution in [0.3, 0.4) is 0 Å². The molecular weight excluding hydrogens is 228 g/mol. The molecule has 1 fully saturated rings. The maximum Gasteiger partial charge on any atom is 0.125 e. The molecule has 0 heterocycles. The molecule has 0 aliphatic heterocycles. The molecule has 0 saturated heterocycles. The largest absolute Gasteiger partial charge is 0.497 e. The number of hydrogen-bond acceptors (Lipinski definition) is 3. The smallest absolute Gasteiger partial charge is 0.125 e. The van der Waals surface area contributed by atoms with Crippen molar-refractivity contribution in [1.29, 1.82) is 0 Å². The summed E-state index contributed by atoms with van der Waals surface area (Å²) in [5.74, 6) is 1.60. The second-order valence-electron chi connectivity index (χ2n) is 5.66. The Morgan fingerprint density at radius 3 is 2.39 bits per heavy atom. The summed E-state index contributed by atoms with van der Waals surface area (Å²) in [5, 5.41) is 10.3. The zero-order valence-corrected chi connectivity index (χ0v) is 11.3. The highest BCUT2D eigenvalue weighted by molar-refractivity contribution is 5.31. The first kappa shape index (κ1) is 13.2. The maximum atomic E-state index is 10.3. The van der Waals surface area contributed by atoms with Crippen molar-refractivity contribution in [2.45, 2.75) is 45.3 Å². The average Bonchev–Trinajstić information content (AvgIpc) is 2.36. The fourth-order valence-corrected chi connectivity index (χ4v) is 2.52. The van der Waals surface area contributed by atoms with Crippen LogP contribution in [-0.2, 0) is 0 Å². The van der Waals surface area contributed by atoms with Crippen LogP contribution in [-0.4, -0.2) is 24.4 Å². The molecule has 3 heteroatoms. The zero-order valence-electron chi connectivity index (χ0n) is 11.3. The van der Waals surface area contributed by atoms with E-state index in [1.54, 1.807) is 7.11 Å². The fraction of sp³-hybridized carbons (Fsp3) is 0.600. The van der Waals surface area contributed by atoms with Crippen molar-refractivity contribution in [3.05, 3.63) is 24.3 Å². The Morgan fingerprint density at radius 2 is 1.78 bits per heavy atom. The molecular formula is C15H22O3. The lowest BCUT2D eigenvalue weighted by Crippen LogP contribution is -2.46. The van der Waals surface area contributed by atoms with E-state index in [1.165, 1.54) is 0 Å². The molecule has 2 rings (SSSR count). The summed E-state index contributed by atoms with van der Waals surface area (Å²) in [6.45, 7) is 4.20. The van der Waals surface area contributed by atoms with Crippen LogP contribution in [0, 0.1) is 5.41 Å². The van der Waals surface area contributed by atoms with Crippen molar-refractivity contribution in [2.75, 3.05) is 7.11 Å². The number of methoxy groups -OCH3 is 1. The zero-order chi connectivity index (χ0) is 13.2. The number of hydrogen-bond donors (Lipinski definition) is 1. The van der Waals surface area contributed by atoms with Gasteiger partial charge in [-0.3, -0.25) is 0 Å². The first-order valence-electron chi connectivity index (χ1n) is 6.52. The Morgan fingerprint density at radius 1 is 1.17 bits per heavy atom. The van der Waals surface area contributed by atoms with Crippen LogP contribution >= 0.6 is 0 Å². The normalized spacial score (nSPS) is 26.7. The molecule has 0 radical (unpaired) electrons. The van der Waals surface area contributed by atoms with Gasteiger partial charge in [0.15, 0.2) is 0 Å². The van der Waals surface area contributed by atoms with Crippen LogP contribution in [0.15, 0.2) is 24.3 Å². The summed E-state index contributed by atoms with van der Waals surface area (Å²) in [5.41, 5.74) is -0.0601. The van der Waals surface area contributed by atoms with Gasteiger partial charge in [0.2, 0.25) is 0 Å². The molecule has 1 aliphatic rings. The number of ether oxygens (including phenoxy) is 2. The molecule has 1 aromatic carbocycles. The van der Waals surface area contributed by atoms with E-state index in [0.717, 1.165) is 30.8 Å². The lowest BCUT2D eigenvalue weighted by molar-refractivity contribution is -0.0689. The lowest BCUT2D eigenvalue weighted by Gasteiger charge is -2.40. The van der Waals surface area contributed by atoms with Gasteiger partial charge >= 0.3 is 0 Å². The number of benzene rings is 1. The van der Waals surface area contributed by atoms with E-state index in [4.69, 9.17) is 9.47 Å². The maximum absolute atomic E-state index is 10.3. The van der Waals surface area contributed by atoms with E-state index in [1.807, 2.05) is 24.3 Å². The molecule has 2 atom stereocenters. The van der Waals surface area contributed by atoms with Gasteiger partial charge in [-0.2, -0.15) is 0 Å². The molecule has 1 aromatic rings. The van der Waals surface area contributed by atoms with E-state index in [0.29, 0.717) is 0 Å². The van der Waals surface area contributed by atoms with Crippen molar-refractivity contribution in [3.8, 4) is 11.5 Å². The molecule has 18 heavy (non-hydrogen) atoms. The van der Waals surface area contributed by atoms with Crippen molar-refractivity contribution >= 4 is 0 Å². The second kappa shape index (κ2) is 5.19. The fourth-order valence-electron chi connectivity index (χ4n) is 2.52. The number of rotatable bonds is 3. The summed E-state index contributed by atoms with van der Waals surface area (Å²) in [4.78, 5) is 0. The van der Waals surface area contributed by atoms with E-state index in [2.05, 4.69) is 13.8 Å². The van der Waals surface area contributed by atoms with Gasteiger partial charge < -0.3 is 14.6 Å². The Bertz CT molecular complexity index is 383. The van der Waals surface area contributed by atoms with Crippen LogP contribution in [0.5, 0.6) is 11.5 Å². The van der Waals surface area contributed by atoms with Crippen LogP contribution in [0.25, 0.3) is 0 Å². The summed E-state index contributed by atoms with van der Waals surface area (Å²) in [6.07, 6.45) is 2.55. The van der Waals surface area contributed by atoms with E-state index in [9.17, 15) is 5.11 Å². The summed E-state index contributed by atoms with van der Waals surface area (Å²) in [7, 11) is 1.64. The Balaban J connectivity index is 2.03. The summed E-state index contributed by atoms with van der Waals surface area (Å²) >= 11 is 0. The minimum atomic E-state index is -0.409. The first-order valence-corrected chi connectivity index (χ1v) is 6.52. The molecule has 1 aliphatic carbocycles. The third-order valence-corrected chi connectivity index (χ3v) is 3.81. The highest BCUT2D eigenvalue weighted by Gasteiger charge is 2.38. The molecule has 100 valence electrons. The Kier molecular flexibility index (Phi) is 3.81. The summed E-state index contributed by atoms with van der Waals surface area (Å²) in [6, 6.07) is 7.51. The lowest BCUT2D eigenvalue weighted by atomic mass is 9.73. The molecule has 3 nitrogen and oxygen atoms in total. The van der Waals surface area contributed by atoms with Gasteiger partial charge in [0.05, 0.1) is 13.2 Å². The highest BCUT2D eigenvalue weighted by atomic mass is 16.5. The molecule has 1 N–H and O–H groups in total. The second-order valence-corrected chi connectivity index (χ2v) is 5.66. The number of aliphatic hydroxyl groups is 1. The standard InChI is InChI=1S/C15H22O3/c1-15(2)10-4-5-13(14(15)16)18-12-8-6-11(17-3)7-9-12/h6-9,13-14,16H,4-5,10H2,1-3H3. The predicted octanol–water partition coefficient (Wildman–Crippen LogP) is 3.01. The van der Waals surface area contributed by atoms with Gasteiger partial charge in [-0.05, 0) is 48.9 Å². The van der Waals surface area contributed by atoms with Gasteiger partial charge in [-0.15, -0.1) is 0 Å². The molecule has 2 unspecified atom stereocenters. The molecule has 0 bridgehead atoms. The summed E-state index contributed by atoms with van der Waals surface area (Å²) < 4.78 is 11.0. The quantitative estimate of drug-likeness (QED) is 0.896. The highest BCUT2D eigenvalue weighted by Crippen LogP contribution is 2.37. The molecule has 0 spiro atoms. The van der Waals surface area contributed by atoms with Gasteiger partial charge in [-0.1, -0.05) is 13.8 Å². The van der Waals surface area contributed by atoms with E-state index >= 15 is 0 Å². The van der Waals surface area contributed by atoms with Crippen molar-refractivity contribution < 1.29 is 14.6 Å². The van der Waals surface area contributed by atoms with Gasteiger partial charge in [0.1, 0.15) is 17.6 Å². The van der Waals surface area contributed by atoms with E-state index in [-0.39, 0.29) is 11.5 Å².